The predicted octanol–water partition coefficient (Wildman–Crippen LogP) is 2.58. The van der Waals surface area contributed by atoms with Crippen LogP contribution < -0.4 is 0 Å². The van der Waals surface area contributed by atoms with Crippen molar-refractivity contribution in [3.63, 3.8) is 0 Å². The molecule has 0 heterocycles. The van der Waals surface area contributed by atoms with Gasteiger partial charge in [-0.1, -0.05) is 15.9 Å². The summed E-state index contributed by atoms with van der Waals surface area (Å²) in [6.07, 6.45) is 0. The Hall–Kier alpha value is -0.940. The van der Waals surface area contributed by atoms with Gasteiger partial charge in [0.2, 0.25) is 5.91 Å². The van der Waals surface area contributed by atoms with E-state index in [0.717, 1.165) is 4.47 Å². The van der Waals surface area contributed by atoms with Crippen LogP contribution in [0.25, 0.3) is 0 Å². The smallest absolute Gasteiger partial charge is 0.248 e. The number of rotatable bonds is 5. The summed E-state index contributed by atoms with van der Waals surface area (Å²) in [6, 6.07) is 4.69. The molecule has 1 amide bonds. The fourth-order valence-electron chi connectivity index (χ4n) is 1.46. The Bertz CT molecular complexity index is 398. The quantitative estimate of drug-likeness (QED) is 0.837. The molecule has 0 unspecified atom stereocenters. The van der Waals surface area contributed by atoms with E-state index >= 15 is 0 Å². The molecule has 0 saturated heterocycles. The Kier molecular flexibility index (Phi) is 5.58. The minimum absolute atomic E-state index is 0.0173. The van der Waals surface area contributed by atoms with Crippen LogP contribution in [0, 0.1) is 5.82 Å². The standard InChI is InChI=1S/C12H15BrFNO2/c1-3-15(12(16)8-17-2)7-9-6-10(13)4-5-11(9)14/h4-6H,3,7-8H2,1-2H3. The van der Waals surface area contributed by atoms with Gasteiger partial charge in [-0.15, -0.1) is 0 Å². The topological polar surface area (TPSA) is 29.5 Å². The third kappa shape index (κ3) is 4.09. The third-order valence-corrected chi connectivity index (χ3v) is 2.86. The molecule has 0 saturated carbocycles. The zero-order valence-corrected chi connectivity index (χ0v) is 11.5. The van der Waals surface area contributed by atoms with E-state index in [1.807, 2.05) is 6.92 Å². The second-order valence-corrected chi connectivity index (χ2v) is 4.49. The molecule has 1 aromatic carbocycles. The number of ether oxygens (including phenoxy) is 1. The summed E-state index contributed by atoms with van der Waals surface area (Å²) in [6.45, 7) is 2.64. The van der Waals surface area contributed by atoms with Crippen LogP contribution >= 0.6 is 15.9 Å². The lowest BCUT2D eigenvalue weighted by atomic mass is 10.2. The van der Waals surface area contributed by atoms with Crippen molar-refractivity contribution in [2.24, 2.45) is 0 Å². The summed E-state index contributed by atoms with van der Waals surface area (Å²) in [5.74, 6) is -0.453. The number of methoxy groups -OCH3 is 1. The second kappa shape index (κ2) is 6.71. The maximum absolute atomic E-state index is 13.5. The molecule has 0 N–H and O–H groups in total. The largest absolute Gasteiger partial charge is 0.375 e. The van der Waals surface area contributed by atoms with Gasteiger partial charge in [0.05, 0.1) is 0 Å². The van der Waals surface area contributed by atoms with E-state index in [0.29, 0.717) is 12.1 Å². The average Bonchev–Trinajstić information content (AvgIpc) is 2.30. The van der Waals surface area contributed by atoms with Crippen molar-refractivity contribution in [3.05, 3.63) is 34.1 Å². The van der Waals surface area contributed by atoms with Gasteiger partial charge in [0.15, 0.2) is 0 Å². The summed E-state index contributed by atoms with van der Waals surface area (Å²) in [5, 5.41) is 0. The Morgan fingerprint density at radius 3 is 2.82 bits per heavy atom. The highest BCUT2D eigenvalue weighted by atomic mass is 79.9. The van der Waals surface area contributed by atoms with Crippen LogP contribution in [0.2, 0.25) is 0 Å². The van der Waals surface area contributed by atoms with E-state index in [1.54, 1.807) is 17.0 Å². The van der Waals surface area contributed by atoms with Crippen LogP contribution in [0.15, 0.2) is 22.7 Å². The first-order valence-corrected chi connectivity index (χ1v) is 6.08. The van der Waals surface area contributed by atoms with Crippen LogP contribution in [0.3, 0.4) is 0 Å². The van der Waals surface area contributed by atoms with Crippen molar-refractivity contribution in [3.8, 4) is 0 Å². The molecule has 0 radical (unpaired) electrons. The third-order valence-electron chi connectivity index (χ3n) is 2.37. The van der Waals surface area contributed by atoms with E-state index in [1.165, 1.54) is 13.2 Å². The highest BCUT2D eigenvalue weighted by Gasteiger charge is 2.14. The fraction of sp³-hybridized carbons (Fsp3) is 0.417. The maximum Gasteiger partial charge on any atom is 0.248 e. The van der Waals surface area contributed by atoms with Gasteiger partial charge in [-0.05, 0) is 25.1 Å². The van der Waals surface area contributed by atoms with Crippen molar-refractivity contribution < 1.29 is 13.9 Å². The zero-order chi connectivity index (χ0) is 12.8. The molecule has 0 aliphatic carbocycles. The molecular formula is C12H15BrFNO2. The molecule has 3 nitrogen and oxygen atoms in total. The molecule has 0 bridgehead atoms. The Labute approximate surface area is 109 Å². The summed E-state index contributed by atoms with van der Waals surface area (Å²) < 4.78 is 19.1. The molecule has 94 valence electrons. The molecule has 0 fully saturated rings. The van der Waals surface area contributed by atoms with Crippen LogP contribution in [-0.2, 0) is 16.1 Å². The first-order valence-electron chi connectivity index (χ1n) is 5.29. The molecular weight excluding hydrogens is 289 g/mol. The van der Waals surface area contributed by atoms with Gasteiger partial charge in [-0.2, -0.15) is 0 Å². The van der Waals surface area contributed by atoms with Crippen LogP contribution in [0.1, 0.15) is 12.5 Å². The molecule has 5 heteroatoms. The van der Waals surface area contributed by atoms with Crippen molar-refractivity contribution in [1.29, 1.82) is 0 Å². The van der Waals surface area contributed by atoms with E-state index in [9.17, 15) is 9.18 Å². The van der Waals surface area contributed by atoms with Gasteiger partial charge in [0, 0.05) is 30.2 Å². The van der Waals surface area contributed by atoms with Gasteiger partial charge in [0.25, 0.3) is 0 Å². The first kappa shape index (κ1) is 14.1. The maximum atomic E-state index is 13.5. The number of carbonyl (C=O) groups is 1. The van der Waals surface area contributed by atoms with Gasteiger partial charge in [-0.3, -0.25) is 4.79 Å². The highest BCUT2D eigenvalue weighted by molar-refractivity contribution is 9.10. The van der Waals surface area contributed by atoms with E-state index in [-0.39, 0.29) is 24.9 Å². The molecule has 0 aromatic heterocycles. The minimum Gasteiger partial charge on any atom is -0.375 e. The van der Waals surface area contributed by atoms with Crippen molar-refractivity contribution in [2.75, 3.05) is 20.3 Å². The predicted molar refractivity (Wildman–Crippen MR) is 67.1 cm³/mol. The molecule has 17 heavy (non-hydrogen) atoms. The monoisotopic (exact) mass is 303 g/mol. The van der Waals surface area contributed by atoms with Gasteiger partial charge >= 0.3 is 0 Å². The number of carbonyl (C=O) groups excluding carboxylic acids is 1. The Morgan fingerprint density at radius 1 is 1.53 bits per heavy atom. The molecule has 0 atom stereocenters. The molecule has 0 aliphatic heterocycles. The van der Waals surface area contributed by atoms with E-state index < -0.39 is 0 Å². The van der Waals surface area contributed by atoms with E-state index in [2.05, 4.69) is 15.9 Å². The number of halogens is 2. The van der Waals surface area contributed by atoms with Gasteiger partial charge < -0.3 is 9.64 Å². The fourth-order valence-corrected chi connectivity index (χ4v) is 1.87. The van der Waals surface area contributed by atoms with Crippen molar-refractivity contribution in [1.82, 2.24) is 4.90 Å². The summed E-state index contributed by atoms with van der Waals surface area (Å²) in [7, 11) is 1.46. The van der Waals surface area contributed by atoms with Crippen molar-refractivity contribution in [2.45, 2.75) is 13.5 Å². The number of nitrogens with zero attached hydrogens (tertiary/aromatic N) is 1. The molecule has 1 aromatic rings. The summed E-state index contributed by atoms with van der Waals surface area (Å²) >= 11 is 3.28. The minimum atomic E-state index is -0.308. The lowest BCUT2D eigenvalue weighted by molar-refractivity contribution is -0.135. The van der Waals surface area contributed by atoms with Gasteiger partial charge in [0.1, 0.15) is 12.4 Å². The average molecular weight is 304 g/mol. The summed E-state index contributed by atoms with van der Waals surface area (Å²) in [4.78, 5) is 13.2. The molecule has 0 aliphatic rings. The highest BCUT2D eigenvalue weighted by Crippen LogP contribution is 2.17. The summed E-state index contributed by atoms with van der Waals surface area (Å²) in [5.41, 5.74) is 0.491. The van der Waals surface area contributed by atoms with Crippen molar-refractivity contribution >= 4 is 21.8 Å². The lowest BCUT2D eigenvalue weighted by Gasteiger charge is -2.21. The van der Waals surface area contributed by atoms with Gasteiger partial charge in [-0.25, -0.2) is 4.39 Å². The zero-order valence-electron chi connectivity index (χ0n) is 9.87. The molecule has 1 rings (SSSR count). The van der Waals surface area contributed by atoms with Crippen LogP contribution in [0.5, 0.6) is 0 Å². The number of hydrogen-bond donors (Lipinski definition) is 0. The molecule has 0 spiro atoms. The number of amides is 1. The second-order valence-electron chi connectivity index (χ2n) is 3.58. The Morgan fingerprint density at radius 2 is 2.24 bits per heavy atom. The lowest BCUT2D eigenvalue weighted by Crippen LogP contribution is -2.33. The van der Waals surface area contributed by atoms with E-state index in [4.69, 9.17) is 4.74 Å². The Balaban J connectivity index is 2.80. The first-order chi connectivity index (χ1) is 8.08. The number of benzene rings is 1. The number of hydrogen-bond acceptors (Lipinski definition) is 2. The SMILES string of the molecule is CCN(Cc1cc(Br)ccc1F)C(=O)COC. The normalized spacial score (nSPS) is 10.4. The number of likely N-dealkylation sites (N-methyl/N-ethyl adjacent to an activating group) is 1. The van der Waals surface area contributed by atoms with Crippen LogP contribution in [-0.4, -0.2) is 31.1 Å². The van der Waals surface area contributed by atoms with Crippen LogP contribution in [0.4, 0.5) is 4.39 Å².